The molecule has 8 nitrogen and oxygen atoms in total. The van der Waals surface area contributed by atoms with E-state index in [2.05, 4.69) is 83.3 Å². The summed E-state index contributed by atoms with van der Waals surface area (Å²) in [5.41, 5.74) is 0.278. The maximum atomic E-state index is 12.4. The van der Waals surface area contributed by atoms with Crippen molar-refractivity contribution in [1.82, 2.24) is 15.6 Å². The first kappa shape index (κ1) is 36.7. The normalized spacial score (nSPS) is 14.2. The molecule has 0 aliphatic rings. The van der Waals surface area contributed by atoms with Crippen molar-refractivity contribution < 1.29 is 23.9 Å². The van der Waals surface area contributed by atoms with Gasteiger partial charge in [0, 0.05) is 18.8 Å². The van der Waals surface area contributed by atoms with E-state index in [-0.39, 0.29) is 17.9 Å². The van der Waals surface area contributed by atoms with Crippen molar-refractivity contribution in [1.29, 1.82) is 0 Å². The number of carbonyl (C=O) groups excluding carboxylic acids is 4. The lowest BCUT2D eigenvalue weighted by Gasteiger charge is -2.22. The lowest BCUT2D eigenvalue weighted by atomic mass is 10.1. The van der Waals surface area contributed by atoms with E-state index in [9.17, 15) is 19.2 Å². The van der Waals surface area contributed by atoms with E-state index in [0.29, 0.717) is 12.7 Å². The first-order valence-corrected chi connectivity index (χ1v) is 14.9. The Morgan fingerprint density at radius 2 is 1.35 bits per heavy atom. The minimum atomic E-state index is -1.05. The zero-order valence-corrected chi connectivity index (χ0v) is 25.7. The van der Waals surface area contributed by atoms with E-state index >= 15 is 0 Å². The van der Waals surface area contributed by atoms with Crippen LogP contribution in [-0.4, -0.2) is 47.2 Å². The second-order valence-electron chi connectivity index (χ2n) is 9.76. The summed E-state index contributed by atoms with van der Waals surface area (Å²) in [7, 11) is 0. The summed E-state index contributed by atoms with van der Waals surface area (Å²) in [4.78, 5) is 52.2. The number of nitrogens with one attached hydrogen (secondary N) is 2. The zero-order valence-electron chi connectivity index (χ0n) is 25.7. The Morgan fingerprint density at radius 1 is 0.814 bits per heavy atom. The lowest BCUT2D eigenvalue weighted by molar-refractivity contribution is -0.153. The van der Waals surface area contributed by atoms with Crippen molar-refractivity contribution in [2.45, 2.75) is 90.3 Å². The molecule has 0 saturated heterocycles. The maximum absolute atomic E-state index is 12.4. The first-order valence-electron chi connectivity index (χ1n) is 14.9. The Morgan fingerprint density at radius 3 is 1.84 bits per heavy atom. The predicted octanol–water partition coefficient (Wildman–Crippen LogP) is 6.29. The second-order valence-corrected chi connectivity index (χ2v) is 9.76. The van der Waals surface area contributed by atoms with Crippen molar-refractivity contribution in [3.05, 3.63) is 103 Å². The molecule has 1 aromatic rings. The van der Waals surface area contributed by atoms with Crippen molar-refractivity contribution in [3.8, 4) is 0 Å². The number of ether oxygens (including phenoxy) is 1. The van der Waals surface area contributed by atoms with Crippen LogP contribution in [0.5, 0.6) is 0 Å². The summed E-state index contributed by atoms with van der Waals surface area (Å²) >= 11 is 0. The van der Waals surface area contributed by atoms with Gasteiger partial charge >= 0.3 is 5.97 Å². The van der Waals surface area contributed by atoms with Crippen LogP contribution in [0, 0.1) is 0 Å². The summed E-state index contributed by atoms with van der Waals surface area (Å²) in [5.74, 6) is -1.49. The number of amides is 2. The second kappa shape index (κ2) is 24.3. The molecule has 8 heteroatoms. The number of esters is 1. The van der Waals surface area contributed by atoms with Crippen molar-refractivity contribution in [2.24, 2.45) is 0 Å². The van der Waals surface area contributed by atoms with Gasteiger partial charge in [0.25, 0.3) is 5.91 Å². The van der Waals surface area contributed by atoms with Crippen LogP contribution in [0.4, 0.5) is 0 Å². The van der Waals surface area contributed by atoms with Crippen LogP contribution in [0.25, 0.3) is 0 Å². The topological polar surface area (TPSA) is 114 Å². The zero-order chi connectivity index (χ0) is 31.5. The molecule has 0 fully saturated rings. The number of aldehydes is 1. The highest BCUT2D eigenvalue weighted by molar-refractivity contribution is 5.95. The number of carbonyl (C=O) groups is 4. The van der Waals surface area contributed by atoms with Crippen molar-refractivity contribution >= 4 is 24.1 Å². The quantitative estimate of drug-likeness (QED) is 0.0989. The molecule has 1 aromatic heterocycles. The molecule has 1 rings (SSSR count). The number of hydrogen-bond acceptors (Lipinski definition) is 6. The van der Waals surface area contributed by atoms with E-state index in [1.165, 1.54) is 26.2 Å². The van der Waals surface area contributed by atoms with Crippen LogP contribution in [0.1, 0.15) is 82.5 Å². The molecule has 2 amide bonds. The molecule has 0 unspecified atom stereocenters. The number of nitrogens with zero attached hydrogens (tertiary/aromatic N) is 1. The van der Waals surface area contributed by atoms with Gasteiger partial charge in [-0.3, -0.25) is 14.6 Å². The average Bonchev–Trinajstić information content (AvgIpc) is 3.01. The van der Waals surface area contributed by atoms with E-state index < -0.39 is 30.1 Å². The van der Waals surface area contributed by atoms with Crippen LogP contribution in [0.15, 0.2) is 97.4 Å². The number of allylic oxidation sites excluding steroid dienone is 12. The molecule has 0 aromatic carbocycles. The number of aromatic nitrogens is 1. The van der Waals surface area contributed by atoms with Gasteiger partial charge < -0.3 is 20.2 Å². The Balaban J connectivity index is 2.20. The fourth-order valence-electron chi connectivity index (χ4n) is 3.58. The number of hydrogen-bond donors (Lipinski definition) is 2. The highest BCUT2D eigenvalue weighted by Gasteiger charge is 2.26. The van der Waals surface area contributed by atoms with Gasteiger partial charge in [-0.2, -0.15) is 0 Å². The summed E-state index contributed by atoms with van der Waals surface area (Å²) in [6, 6.07) is 1.20. The molecule has 43 heavy (non-hydrogen) atoms. The maximum Gasteiger partial charge on any atom is 0.328 e. The highest BCUT2D eigenvalue weighted by atomic mass is 16.5. The van der Waals surface area contributed by atoms with Gasteiger partial charge in [-0.15, -0.1) is 0 Å². The average molecular weight is 590 g/mol. The summed E-state index contributed by atoms with van der Waals surface area (Å²) in [6.45, 7) is 5.14. The molecular weight excluding hydrogens is 542 g/mol. The van der Waals surface area contributed by atoms with Crippen LogP contribution in [-0.2, 0) is 19.1 Å². The van der Waals surface area contributed by atoms with Gasteiger partial charge in [-0.25, -0.2) is 4.79 Å². The molecule has 1 heterocycles. The smallest absolute Gasteiger partial charge is 0.328 e. The molecule has 2 N–H and O–H groups in total. The van der Waals surface area contributed by atoms with Gasteiger partial charge in [0.2, 0.25) is 5.91 Å². The summed E-state index contributed by atoms with van der Waals surface area (Å²) in [5, 5.41) is 5.12. The Bertz CT molecular complexity index is 1140. The molecule has 3 atom stereocenters. The Labute approximate surface area is 256 Å². The molecule has 232 valence electrons. The Hall–Kier alpha value is -4.33. The minimum absolute atomic E-state index is 0.230. The number of rotatable bonds is 21. The van der Waals surface area contributed by atoms with Gasteiger partial charge in [0.1, 0.15) is 24.5 Å². The van der Waals surface area contributed by atoms with Crippen LogP contribution in [0.2, 0.25) is 0 Å². The SMILES string of the molecule is CC/C=C\C/C=C\C/C=C\C/C=C\C/C=C\C/C=C\CCC(=O)N[C@@H](C)C(=O)O[C@H](C)[C@@H](C=O)NC(=O)c1cccnc1. The van der Waals surface area contributed by atoms with Crippen molar-refractivity contribution in [2.75, 3.05) is 0 Å². The van der Waals surface area contributed by atoms with E-state index in [1.807, 2.05) is 12.2 Å². The fraction of sp³-hybridized carbons (Fsp3) is 0.400. The van der Waals surface area contributed by atoms with Gasteiger partial charge in [0.15, 0.2) is 0 Å². The van der Waals surface area contributed by atoms with Gasteiger partial charge in [-0.1, -0.05) is 79.8 Å². The molecule has 0 spiro atoms. The first-order chi connectivity index (χ1) is 20.9. The van der Waals surface area contributed by atoms with E-state index in [0.717, 1.165) is 38.5 Å². The third-order valence-corrected chi connectivity index (χ3v) is 6.04. The molecule has 0 saturated carbocycles. The molecule has 0 radical (unpaired) electrons. The third kappa shape index (κ3) is 18.7. The van der Waals surface area contributed by atoms with Crippen LogP contribution >= 0.6 is 0 Å². The standard InChI is InChI=1S/C35H47N3O5/c1-4-5-6-7-8-9-10-11-12-13-14-15-16-17-18-19-20-21-22-25-33(40)37-29(2)35(42)43-30(3)32(28-39)38-34(41)31-24-23-26-36-27-31/h5-6,8-9,11-12,14-15,17-18,20-21,23-24,26-30,32H,4,7,10,13,16,19,22,25H2,1-3H3,(H,37,40)(H,38,41)/b6-5-,9-8-,12-11-,15-14-,18-17-,21-20-/t29-,30+,32+/m0/s1. The lowest BCUT2D eigenvalue weighted by Crippen LogP contribution is -2.47. The molecular formula is C35H47N3O5. The van der Waals surface area contributed by atoms with Gasteiger partial charge in [0.05, 0.1) is 5.56 Å². The number of pyridine rings is 1. The molecule has 0 aliphatic carbocycles. The third-order valence-electron chi connectivity index (χ3n) is 6.04. The minimum Gasteiger partial charge on any atom is -0.458 e. The summed E-state index contributed by atoms with van der Waals surface area (Å²) < 4.78 is 5.30. The van der Waals surface area contributed by atoms with E-state index in [4.69, 9.17) is 4.74 Å². The van der Waals surface area contributed by atoms with Gasteiger partial charge in [-0.05, 0) is 70.9 Å². The predicted molar refractivity (Wildman–Crippen MR) is 172 cm³/mol. The summed E-state index contributed by atoms with van der Waals surface area (Å²) in [6.07, 6.45) is 34.4. The van der Waals surface area contributed by atoms with E-state index in [1.54, 1.807) is 12.1 Å². The molecule has 0 bridgehead atoms. The largest absolute Gasteiger partial charge is 0.458 e. The van der Waals surface area contributed by atoms with Crippen molar-refractivity contribution in [3.63, 3.8) is 0 Å². The monoisotopic (exact) mass is 589 g/mol. The Kier molecular flexibility index (Phi) is 20.7. The van der Waals surface area contributed by atoms with Crippen LogP contribution in [0.3, 0.4) is 0 Å². The molecule has 0 aliphatic heterocycles. The fourth-order valence-corrected chi connectivity index (χ4v) is 3.58. The van der Waals surface area contributed by atoms with Crippen LogP contribution < -0.4 is 10.6 Å². The highest BCUT2D eigenvalue weighted by Crippen LogP contribution is 2.04.